The van der Waals surface area contributed by atoms with Gasteiger partial charge in [-0.2, -0.15) is 4.98 Å². The van der Waals surface area contributed by atoms with E-state index in [0.29, 0.717) is 50.7 Å². The van der Waals surface area contributed by atoms with Crippen LogP contribution in [0, 0.1) is 11.7 Å². The quantitative estimate of drug-likeness (QED) is 0.865. The largest absolute Gasteiger partial charge is 0.481 e. The minimum atomic E-state index is -0.712. The van der Waals surface area contributed by atoms with Gasteiger partial charge in [-0.15, -0.1) is 0 Å². The van der Waals surface area contributed by atoms with E-state index in [-0.39, 0.29) is 11.7 Å². The number of carboxylic acids is 1. The number of halogens is 1. The Balaban J connectivity index is 1.39. The zero-order valence-corrected chi connectivity index (χ0v) is 15.7. The van der Waals surface area contributed by atoms with Crippen molar-refractivity contribution in [2.45, 2.75) is 12.8 Å². The van der Waals surface area contributed by atoms with Crippen molar-refractivity contribution in [2.75, 3.05) is 54.0 Å². The molecule has 2 aliphatic heterocycles. The first-order chi connectivity index (χ1) is 13.6. The summed E-state index contributed by atoms with van der Waals surface area (Å²) in [5.74, 6) is 0.343. The van der Waals surface area contributed by atoms with Crippen molar-refractivity contribution in [3.63, 3.8) is 0 Å². The molecule has 0 spiro atoms. The normalized spacial score (nSPS) is 18.4. The number of piperazine rings is 1. The monoisotopic (exact) mass is 385 g/mol. The Bertz CT molecular complexity index is 833. The Hall–Kier alpha value is -2.90. The van der Waals surface area contributed by atoms with Crippen molar-refractivity contribution in [2.24, 2.45) is 5.92 Å². The molecule has 2 saturated heterocycles. The number of aromatic nitrogens is 2. The summed E-state index contributed by atoms with van der Waals surface area (Å²) < 4.78 is 14.0. The first kappa shape index (κ1) is 18.5. The zero-order valence-electron chi connectivity index (χ0n) is 15.7. The number of piperidine rings is 1. The van der Waals surface area contributed by atoms with Gasteiger partial charge in [-0.1, -0.05) is 12.1 Å². The maximum Gasteiger partial charge on any atom is 0.306 e. The van der Waals surface area contributed by atoms with Gasteiger partial charge in [-0.25, -0.2) is 9.37 Å². The van der Waals surface area contributed by atoms with E-state index in [2.05, 4.69) is 14.8 Å². The fourth-order valence-electron chi connectivity index (χ4n) is 3.88. The topological polar surface area (TPSA) is 72.8 Å². The second-order valence-electron chi connectivity index (χ2n) is 7.24. The van der Waals surface area contributed by atoms with Crippen LogP contribution in [0.3, 0.4) is 0 Å². The summed E-state index contributed by atoms with van der Waals surface area (Å²) in [6, 6.07) is 8.73. The lowest BCUT2D eigenvalue weighted by molar-refractivity contribution is -0.142. The minimum Gasteiger partial charge on any atom is -0.481 e. The Kier molecular flexibility index (Phi) is 5.27. The maximum absolute atomic E-state index is 14.0. The summed E-state index contributed by atoms with van der Waals surface area (Å²) in [5.41, 5.74) is 0.637. The third kappa shape index (κ3) is 3.85. The van der Waals surface area contributed by atoms with Gasteiger partial charge in [0.25, 0.3) is 0 Å². The molecule has 7 nitrogen and oxygen atoms in total. The predicted molar refractivity (Wildman–Crippen MR) is 105 cm³/mol. The number of hydrogen-bond donors (Lipinski definition) is 1. The van der Waals surface area contributed by atoms with E-state index in [1.807, 2.05) is 23.1 Å². The third-order valence-electron chi connectivity index (χ3n) is 5.55. The van der Waals surface area contributed by atoms with Crippen LogP contribution in [0.15, 0.2) is 36.5 Å². The van der Waals surface area contributed by atoms with Gasteiger partial charge >= 0.3 is 5.97 Å². The van der Waals surface area contributed by atoms with Crippen molar-refractivity contribution in [1.82, 2.24) is 9.97 Å². The average Bonchev–Trinajstić information content (AvgIpc) is 2.74. The lowest BCUT2D eigenvalue weighted by Crippen LogP contribution is -2.47. The number of hydrogen-bond acceptors (Lipinski definition) is 6. The van der Waals surface area contributed by atoms with Crippen LogP contribution < -0.4 is 14.7 Å². The van der Waals surface area contributed by atoms with E-state index in [9.17, 15) is 9.18 Å². The molecular formula is C20H24FN5O2. The first-order valence-electron chi connectivity index (χ1n) is 9.67. The Morgan fingerprint density at radius 3 is 2.32 bits per heavy atom. The second-order valence-corrected chi connectivity index (χ2v) is 7.24. The highest BCUT2D eigenvalue weighted by Crippen LogP contribution is 2.25. The molecule has 4 rings (SSSR count). The van der Waals surface area contributed by atoms with Gasteiger partial charge in [0.2, 0.25) is 5.95 Å². The van der Waals surface area contributed by atoms with Crippen LogP contribution in [0.5, 0.6) is 0 Å². The molecule has 0 saturated carbocycles. The molecular weight excluding hydrogens is 361 g/mol. The molecule has 3 heterocycles. The molecule has 2 fully saturated rings. The number of carbonyl (C=O) groups is 1. The van der Waals surface area contributed by atoms with Crippen molar-refractivity contribution in [3.05, 3.63) is 42.3 Å². The predicted octanol–water partition coefficient (Wildman–Crippen LogP) is 2.24. The number of nitrogens with zero attached hydrogens (tertiary/aromatic N) is 5. The molecule has 2 aromatic rings. The van der Waals surface area contributed by atoms with Crippen LogP contribution in [0.2, 0.25) is 0 Å². The van der Waals surface area contributed by atoms with Crippen molar-refractivity contribution >= 4 is 23.4 Å². The van der Waals surface area contributed by atoms with Gasteiger partial charge in [-0.05, 0) is 31.0 Å². The summed E-state index contributed by atoms with van der Waals surface area (Å²) >= 11 is 0. The van der Waals surface area contributed by atoms with Crippen molar-refractivity contribution < 1.29 is 14.3 Å². The average molecular weight is 385 g/mol. The zero-order chi connectivity index (χ0) is 19.5. The molecule has 0 amide bonds. The van der Waals surface area contributed by atoms with Gasteiger partial charge < -0.3 is 19.8 Å². The van der Waals surface area contributed by atoms with Gasteiger partial charge in [0.05, 0.1) is 11.6 Å². The molecule has 1 N–H and O–H groups in total. The molecule has 8 heteroatoms. The van der Waals surface area contributed by atoms with Crippen LogP contribution in [0.1, 0.15) is 12.8 Å². The van der Waals surface area contributed by atoms with E-state index < -0.39 is 5.97 Å². The van der Waals surface area contributed by atoms with E-state index in [4.69, 9.17) is 10.1 Å². The van der Waals surface area contributed by atoms with Crippen LogP contribution in [0.4, 0.5) is 21.8 Å². The number of carboxylic acid groups (broad SMARTS) is 1. The number of aliphatic carboxylic acids is 1. The SMILES string of the molecule is O=C(O)C1CCN(c2ccnc(N3CCN(c4ccccc4F)CC3)n2)CC1. The van der Waals surface area contributed by atoms with E-state index in [0.717, 1.165) is 18.9 Å². The fraction of sp³-hybridized carbons (Fsp3) is 0.450. The molecule has 2 aliphatic rings. The van der Waals surface area contributed by atoms with Gasteiger partial charge in [0.15, 0.2) is 0 Å². The molecule has 28 heavy (non-hydrogen) atoms. The number of para-hydroxylation sites is 1. The highest BCUT2D eigenvalue weighted by molar-refractivity contribution is 5.70. The summed E-state index contributed by atoms with van der Waals surface area (Å²) in [6.07, 6.45) is 3.02. The number of rotatable bonds is 4. The molecule has 0 bridgehead atoms. The van der Waals surface area contributed by atoms with E-state index in [1.165, 1.54) is 6.07 Å². The van der Waals surface area contributed by atoms with Crippen LogP contribution in [0.25, 0.3) is 0 Å². The smallest absolute Gasteiger partial charge is 0.306 e. The molecule has 0 atom stereocenters. The van der Waals surface area contributed by atoms with Crippen molar-refractivity contribution in [1.29, 1.82) is 0 Å². The summed E-state index contributed by atoms with van der Waals surface area (Å²) in [6.45, 7) is 4.23. The summed E-state index contributed by atoms with van der Waals surface area (Å²) in [5, 5.41) is 9.15. The fourth-order valence-corrected chi connectivity index (χ4v) is 3.88. The van der Waals surface area contributed by atoms with Gasteiger partial charge in [-0.3, -0.25) is 4.79 Å². The Morgan fingerprint density at radius 2 is 1.64 bits per heavy atom. The van der Waals surface area contributed by atoms with E-state index in [1.54, 1.807) is 12.3 Å². The second kappa shape index (κ2) is 8.00. The lowest BCUT2D eigenvalue weighted by atomic mass is 9.97. The van der Waals surface area contributed by atoms with Crippen LogP contribution in [-0.2, 0) is 4.79 Å². The van der Waals surface area contributed by atoms with Crippen LogP contribution >= 0.6 is 0 Å². The number of anilines is 3. The number of benzene rings is 1. The van der Waals surface area contributed by atoms with Crippen LogP contribution in [-0.4, -0.2) is 60.3 Å². The van der Waals surface area contributed by atoms with E-state index >= 15 is 0 Å². The Morgan fingerprint density at radius 1 is 0.964 bits per heavy atom. The van der Waals surface area contributed by atoms with Gasteiger partial charge in [0, 0.05) is 45.5 Å². The summed E-state index contributed by atoms with van der Waals surface area (Å²) in [4.78, 5) is 26.5. The molecule has 148 valence electrons. The minimum absolute atomic E-state index is 0.195. The van der Waals surface area contributed by atoms with Crippen molar-refractivity contribution in [3.8, 4) is 0 Å². The standard InChI is InChI=1S/C20H24FN5O2/c21-16-3-1-2-4-17(16)24-11-13-26(14-12-24)20-22-8-5-18(23-20)25-9-6-15(7-10-25)19(27)28/h1-5,8,15H,6-7,9-14H2,(H,27,28). The molecule has 1 aromatic heterocycles. The highest BCUT2D eigenvalue weighted by Gasteiger charge is 2.26. The molecule has 0 radical (unpaired) electrons. The molecule has 0 unspecified atom stereocenters. The van der Waals surface area contributed by atoms with Gasteiger partial charge in [0.1, 0.15) is 11.6 Å². The Labute approximate surface area is 163 Å². The maximum atomic E-state index is 14.0. The lowest BCUT2D eigenvalue weighted by Gasteiger charge is -2.36. The first-order valence-corrected chi connectivity index (χ1v) is 9.67. The third-order valence-corrected chi connectivity index (χ3v) is 5.55. The molecule has 0 aliphatic carbocycles. The summed E-state index contributed by atoms with van der Waals surface area (Å²) in [7, 11) is 0. The molecule has 1 aromatic carbocycles. The highest BCUT2D eigenvalue weighted by atomic mass is 19.1.